The van der Waals surface area contributed by atoms with Gasteiger partial charge in [-0.15, -0.1) is 0 Å². The highest BCUT2D eigenvalue weighted by molar-refractivity contribution is 5.90. The number of hydrogen-bond acceptors (Lipinski definition) is 5. The lowest BCUT2D eigenvalue weighted by molar-refractivity contribution is -0.384. The monoisotopic (exact) mass is 284 g/mol. The van der Waals surface area contributed by atoms with Crippen LogP contribution in [0.2, 0.25) is 0 Å². The first-order chi connectivity index (χ1) is 9.40. The minimum atomic E-state index is -1.49. The van der Waals surface area contributed by atoms with E-state index in [2.05, 4.69) is 0 Å². The van der Waals surface area contributed by atoms with Crippen LogP contribution in [-0.4, -0.2) is 40.3 Å². The molecule has 2 N–H and O–H groups in total. The van der Waals surface area contributed by atoms with Crippen molar-refractivity contribution in [2.75, 3.05) is 18.0 Å². The number of benzene rings is 1. The van der Waals surface area contributed by atoms with E-state index in [1.165, 1.54) is 4.90 Å². The van der Waals surface area contributed by atoms with Gasteiger partial charge in [0.15, 0.2) is 0 Å². The number of piperidine rings is 1. The molecule has 0 radical (unpaired) electrons. The molecule has 1 aromatic rings. The van der Waals surface area contributed by atoms with Crippen molar-refractivity contribution in [3.05, 3.63) is 33.6 Å². The maximum Gasteiger partial charge on any atom is 0.338 e. The summed E-state index contributed by atoms with van der Waals surface area (Å²) < 4.78 is 13.5. The highest BCUT2D eigenvalue weighted by Crippen LogP contribution is 2.33. The number of carboxylic acid groups (broad SMARTS) is 1. The quantitative estimate of drug-likeness (QED) is 0.642. The molecule has 8 heteroatoms. The van der Waals surface area contributed by atoms with Crippen LogP contribution in [-0.2, 0) is 0 Å². The van der Waals surface area contributed by atoms with Gasteiger partial charge >= 0.3 is 5.97 Å². The van der Waals surface area contributed by atoms with Crippen LogP contribution in [0.5, 0.6) is 0 Å². The summed E-state index contributed by atoms with van der Waals surface area (Å²) in [5, 5.41) is 29.5. The number of carbonyl (C=O) groups is 1. The maximum absolute atomic E-state index is 13.5. The van der Waals surface area contributed by atoms with Crippen molar-refractivity contribution >= 4 is 17.3 Å². The molecule has 0 aliphatic carbocycles. The fourth-order valence-electron chi connectivity index (χ4n) is 2.29. The largest absolute Gasteiger partial charge is 0.478 e. The lowest BCUT2D eigenvalue weighted by Gasteiger charge is -2.31. The molecule has 1 aliphatic heterocycles. The van der Waals surface area contributed by atoms with E-state index in [9.17, 15) is 24.4 Å². The summed E-state index contributed by atoms with van der Waals surface area (Å²) in [6.45, 7) is 0.605. The van der Waals surface area contributed by atoms with Gasteiger partial charge in [0, 0.05) is 13.1 Å². The molecule has 0 bridgehead atoms. The second-order valence-electron chi connectivity index (χ2n) is 4.63. The number of anilines is 1. The fourth-order valence-corrected chi connectivity index (χ4v) is 2.29. The topological polar surface area (TPSA) is 104 Å². The highest BCUT2D eigenvalue weighted by atomic mass is 19.1. The lowest BCUT2D eigenvalue weighted by Crippen LogP contribution is -2.38. The molecule has 1 fully saturated rings. The van der Waals surface area contributed by atoms with Crippen LogP contribution in [0.1, 0.15) is 23.2 Å². The molecule has 7 nitrogen and oxygen atoms in total. The molecule has 1 unspecified atom stereocenters. The predicted octanol–water partition coefficient (Wildman–Crippen LogP) is 1.39. The lowest BCUT2D eigenvalue weighted by atomic mass is 10.1. The molecular weight excluding hydrogens is 271 g/mol. The minimum absolute atomic E-state index is 0.0209. The summed E-state index contributed by atoms with van der Waals surface area (Å²) >= 11 is 0. The first-order valence-corrected chi connectivity index (χ1v) is 6.04. The molecule has 1 aliphatic rings. The molecule has 1 saturated heterocycles. The molecule has 0 saturated carbocycles. The van der Waals surface area contributed by atoms with Gasteiger partial charge in [-0.3, -0.25) is 10.1 Å². The van der Waals surface area contributed by atoms with Crippen molar-refractivity contribution in [2.45, 2.75) is 18.9 Å². The Balaban J connectivity index is 2.50. The van der Waals surface area contributed by atoms with Crippen molar-refractivity contribution in [3.63, 3.8) is 0 Å². The molecule has 2 rings (SSSR count). The third-order valence-electron chi connectivity index (χ3n) is 3.23. The maximum atomic E-state index is 13.5. The number of β-amino-alcohol motifs (C(OH)–C–C–N with tert-alkyl or cyclic N) is 1. The number of hydrogen-bond donors (Lipinski definition) is 2. The molecule has 1 atom stereocenters. The molecule has 108 valence electrons. The Bertz CT molecular complexity index is 563. The number of aliphatic hydroxyl groups is 1. The number of carboxylic acids is 1. The van der Waals surface area contributed by atoms with Gasteiger partial charge in [-0.25, -0.2) is 9.18 Å². The van der Waals surface area contributed by atoms with Gasteiger partial charge in [0.1, 0.15) is 11.5 Å². The van der Waals surface area contributed by atoms with Gasteiger partial charge in [-0.1, -0.05) is 0 Å². The van der Waals surface area contributed by atoms with Crippen LogP contribution in [0, 0.1) is 15.9 Å². The molecule has 0 spiro atoms. The smallest absolute Gasteiger partial charge is 0.338 e. The van der Waals surface area contributed by atoms with Crippen LogP contribution in [0.4, 0.5) is 15.8 Å². The second kappa shape index (κ2) is 5.41. The number of aliphatic hydroxyl groups excluding tert-OH is 1. The number of aromatic carboxylic acids is 1. The Labute approximate surface area is 113 Å². The van der Waals surface area contributed by atoms with Crippen molar-refractivity contribution in [1.82, 2.24) is 0 Å². The third kappa shape index (κ3) is 2.69. The van der Waals surface area contributed by atoms with Crippen LogP contribution in [0.25, 0.3) is 0 Å². The normalized spacial score (nSPS) is 18.9. The van der Waals surface area contributed by atoms with Crippen molar-refractivity contribution < 1.29 is 24.3 Å². The Morgan fingerprint density at radius 3 is 2.75 bits per heavy atom. The van der Waals surface area contributed by atoms with Crippen LogP contribution in [0.15, 0.2) is 12.1 Å². The van der Waals surface area contributed by atoms with E-state index < -0.39 is 34.1 Å². The fraction of sp³-hybridized carbons (Fsp3) is 0.417. The molecular formula is C12H13FN2O5. The van der Waals surface area contributed by atoms with Gasteiger partial charge < -0.3 is 15.1 Å². The number of rotatable bonds is 3. The summed E-state index contributed by atoms with van der Waals surface area (Å²) in [7, 11) is 0. The third-order valence-corrected chi connectivity index (χ3v) is 3.23. The first-order valence-electron chi connectivity index (χ1n) is 6.04. The van der Waals surface area contributed by atoms with Gasteiger partial charge in [0.2, 0.25) is 0 Å². The Kier molecular flexibility index (Phi) is 3.84. The van der Waals surface area contributed by atoms with Gasteiger partial charge in [0.25, 0.3) is 5.69 Å². The average molecular weight is 284 g/mol. The van der Waals surface area contributed by atoms with Crippen LogP contribution < -0.4 is 4.90 Å². The van der Waals surface area contributed by atoms with Crippen LogP contribution in [0.3, 0.4) is 0 Å². The zero-order valence-corrected chi connectivity index (χ0v) is 10.5. The van der Waals surface area contributed by atoms with Crippen LogP contribution >= 0.6 is 0 Å². The number of halogens is 1. The average Bonchev–Trinajstić information content (AvgIpc) is 2.37. The first kappa shape index (κ1) is 14.2. The number of nitrogens with zero attached hydrogens (tertiary/aromatic N) is 2. The predicted molar refractivity (Wildman–Crippen MR) is 67.5 cm³/mol. The van der Waals surface area contributed by atoms with E-state index in [1.54, 1.807) is 0 Å². The van der Waals surface area contributed by atoms with E-state index in [0.717, 1.165) is 6.07 Å². The standard InChI is InChI=1S/C12H13FN2O5/c13-9-5-11(15(19)20)10(4-8(9)12(17)18)14-3-1-2-7(16)6-14/h4-5,7,16H,1-3,6H2,(H,17,18). The molecule has 1 heterocycles. The summed E-state index contributed by atoms with van der Waals surface area (Å²) in [6, 6.07) is 1.56. The summed E-state index contributed by atoms with van der Waals surface area (Å²) in [4.78, 5) is 22.7. The Morgan fingerprint density at radius 2 is 2.20 bits per heavy atom. The zero-order chi connectivity index (χ0) is 14.9. The van der Waals surface area contributed by atoms with E-state index in [0.29, 0.717) is 25.5 Å². The number of nitro groups is 1. The summed E-state index contributed by atoms with van der Waals surface area (Å²) in [5.74, 6) is -2.64. The van der Waals surface area contributed by atoms with Gasteiger partial charge in [0.05, 0.1) is 22.7 Å². The molecule has 20 heavy (non-hydrogen) atoms. The Hall–Kier alpha value is -2.22. The molecule has 0 amide bonds. The molecule has 1 aromatic carbocycles. The highest BCUT2D eigenvalue weighted by Gasteiger charge is 2.28. The van der Waals surface area contributed by atoms with Crippen molar-refractivity contribution in [1.29, 1.82) is 0 Å². The van der Waals surface area contributed by atoms with Gasteiger partial charge in [-0.2, -0.15) is 0 Å². The van der Waals surface area contributed by atoms with E-state index >= 15 is 0 Å². The zero-order valence-electron chi connectivity index (χ0n) is 10.5. The van der Waals surface area contributed by atoms with E-state index in [4.69, 9.17) is 5.11 Å². The minimum Gasteiger partial charge on any atom is -0.478 e. The van der Waals surface area contributed by atoms with E-state index in [-0.39, 0.29) is 12.2 Å². The van der Waals surface area contributed by atoms with E-state index in [1.807, 2.05) is 0 Å². The SMILES string of the molecule is O=C(O)c1cc(N2CCCC(O)C2)c([N+](=O)[O-])cc1F. The number of nitro benzene ring substituents is 1. The van der Waals surface area contributed by atoms with Gasteiger partial charge in [-0.05, 0) is 18.9 Å². The summed E-state index contributed by atoms with van der Waals surface area (Å²) in [5.41, 5.74) is -1.10. The molecule has 0 aromatic heterocycles. The Morgan fingerprint density at radius 1 is 1.50 bits per heavy atom. The van der Waals surface area contributed by atoms with Crippen molar-refractivity contribution in [3.8, 4) is 0 Å². The van der Waals surface area contributed by atoms with Crippen molar-refractivity contribution in [2.24, 2.45) is 0 Å². The summed E-state index contributed by atoms with van der Waals surface area (Å²) in [6.07, 6.45) is 0.566. The second-order valence-corrected chi connectivity index (χ2v) is 4.63.